The van der Waals surface area contributed by atoms with Crippen LogP contribution in [0.5, 0.6) is 0 Å². The van der Waals surface area contributed by atoms with Gasteiger partial charge >= 0.3 is 16.8 Å². The Bertz CT molecular complexity index is 731. The number of unbranched alkanes of at least 4 members (excludes halogenated alkanes) is 6. The van der Waals surface area contributed by atoms with E-state index in [0.717, 1.165) is 96.3 Å². The summed E-state index contributed by atoms with van der Waals surface area (Å²) in [5.74, 6) is 1.18. The zero-order valence-electron chi connectivity index (χ0n) is 33.1. The van der Waals surface area contributed by atoms with Crippen molar-refractivity contribution in [3.8, 4) is 0 Å². The van der Waals surface area contributed by atoms with Crippen molar-refractivity contribution in [2.75, 3.05) is 38.3 Å². The van der Waals surface area contributed by atoms with Gasteiger partial charge in [-0.2, -0.15) is 0 Å². The second-order valence-electron chi connectivity index (χ2n) is 13.2. The molecule has 0 aliphatic heterocycles. The molecule has 0 N–H and O–H groups in total. The third-order valence-corrected chi connectivity index (χ3v) is 12.7. The van der Waals surface area contributed by atoms with Crippen molar-refractivity contribution in [2.24, 2.45) is 17.8 Å². The van der Waals surface area contributed by atoms with E-state index in [-0.39, 0.29) is 35.3 Å². The monoisotopic (exact) mass is 806 g/mol. The minimum atomic E-state index is -3.56. The first-order valence-electron chi connectivity index (χ1n) is 19.5. The molecule has 0 aliphatic carbocycles. The Balaban J connectivity index is -0.000000307. The molecule has 0 aromatic carbocycles. The molecule has 0 bridgehead atoms. The van der Waals surface area contributed by atoms with Crippen molar-refractivity contribution in [2.45, 2.75) is 178 Å². The van der Waals surface area contributed by atoms with Gasteiger partial charge in [0.2, 0.25) is 0 Å². The summed E-state index contributed by atoms with van der Waals surface area (Å²) in [4.78, 5) is 34.5. The molecule has 49 heavy (non-hydrogen) atoms. The van der Waals surface area contributed by atoms with E-state index in [0.29, 0.717) is 56.8 Å². The Kier molecular flexibility index (Phi) is 43.1. The summed E-state index contributed by atoms with van der Waals surface area (Å²) in [6, 6.07) is 0. The van der Waals surface area contributed by atoms with Gasteiger partial charge in [0.15, 0.2) is 0 Å². The van der Waals surface area contributed by atoms with Gasteiger partial charge in [0, 0.05) is 18.5 Å². The van der Waals surface area contributed by atoms with E-state index in [9.17, 15) is 28.4 Å². The van der Waals surface area contributed by atoms with E-state index < -0.39 is 22.8 Å². The van der Waals surface area contributed by atoms with Crippen molar-refractivity contribution in [3.63, 3.8) is 0 Å². The standard InChI is InChI=1S/3C12H27O3P.Co/c3*1-4-7-9-12(6-3)11-15-16(13,14)10-8-5-2;/h3*12H,4-11H2,1-3H3,(H,13,14);/q;;;+3/p-3. The van der Waals surface area contributed by atoms with Crippen molar-refractivity contribution in [1.82, 2.24) is 0 Å². The van der Waals surface area contributed by atoms with Gasteiger partial charge in [0.1, 0.15) is 22.8 Å². The van der Waals surface area contributed by atoms with Crippen LogP contribution in [-0.2, 0) is 44.0 Å². The average molecular weight is 807 g/mol. The first-order chi connectivity index (χ1) is 22.7. The fourth-order valence-electron chi connectivity index (χ4n) is 4.60. The van der Waals surface area contributed by atoms with E-state index in [4.69, 9.17) is 13.6 Å². The number of rotatable bonds is 30. The Morgan fingerprint density at radius 1 is 0.408 bits per heavy atom. The van der Waals surface area contributed by atoms with E-state index >= 15 is 0 Å². The molecule has 0 rings (SSSR count). The summed E-state index contributed by atoms with van der Waals surface area (Å²) in [6.07, 6.45) is 18.5. The van der Waals surface area contributed by atoms with Crippen molar-refractivity contribution >= 4 is 22.8 Å². The van der Waals surface area contributed by atoms with E-state index in [1.54, 1.807) is 0 Å². The summed E-state index contributed by atoms with van der Waals surface area (Å²) >= 11 is 0. The Morgan fingerprint density at radius 3 is 0.776 bits per heavy atom. The molecular formula is C36H78CoO9P3. The molecule has 6 unspecified atom stereocenters. The maximum Gasteiger partial charge on any atom is 3.00 e. The Morgan fingerprint density at radius 2 is 0.612 bits per heavy atom. The van der Waals surface area contributed by atoms with Crippen LogP contribution >= 0.6 is 22.8 Å². The van der Waals surface area contributed by atoms with Gasteiger partial charge in [-0.15, -0.1) is 0 Å². The first kappa shape index (κ1) is 56.7. The minimum Gasteiger partial charge on any atom is -0.778 e. The maximum absolute atomic E-state index is 11.5. The normalized spacial score (nSPS) is 16.7. The van der Waals surface area contributed by atoms with Crippen LogP contribution in [0.4, 0.5) is 0 Å². The predicted octanol–water partition coefficient (Wildman–Crippen LogP) is 10.7. The first-order valence-corrected chi connectivity index (χ1v) is 24.7. The van der Waals surface area contributed by atoms with Crippen LogP contribution in [-0.4, -0.2) is 38.3 Å². The molecule has 0 radical (unpaired) electrons. The van der Waals surface area contributed by atoms with E-state index in [2.05, 4.69) is 41.5 Å². The largest absolute Gasteiger partial charge is 3.00 e. The van der Waals surface area contributed by atoms with E-state index in [1.165, 1.54) is 0 Å². The molecule has 13 heteroatoms. The van der Waals surface area contributed by atoms with Crippen LogP contribution in [0.15, 0.2) is 0 Å². The van der Waals surface area contributed by atoms with E-state index in [1.807, 2.05) is 20.8 Å². The van der Waals surface area contributed by atoms with Gasteiger partial charge in [-0.3, -0.25) is 0 Å². The number of hydrogen-bond acceptors (Lipinski definition) is 9. The van der Waals surface area contributed by atoms with Gasteiger partial charge in [-0.05, 0) is 56.3 Å². The molecular weight excluding hydrogens is 728 g/mol. The fraction of sp³-hybridized carbons (Fsp3) is 1.00. The summed E-state index contributed by atoms with van der Waals surface area (Å²) in [7, 11) is -10.7. The molecule has 0 aromatic rings. The van der Waals surface area contributed by atoms with Crippen LogP contribution in [0.3, 0.4) is 0 Å². The predicted molar refractivity (Wildman–Crippen MR) is 200 cm³/mol. The molecule has 0 fully saturated rings. The summed E-state index contributed by atoms with van der Waals surface area (Å²) in [6.45, 7) is 19.8. The van der Waals surface area contributed by atoms with Crippen molar-refractivity contribution < 1.29 is 58.7 Å². The Hall–Kier alpha value is 0.956. The maximum atomic E-state index is 11.5. The molecule has 0 aliphatic rings. The van der Waals surface area contributed by atoms with Crippen LogP contribution in [0, 0.1) is 17.8 Å². The van der Waals surface area contributed by atoms with Crippen LogP contribution in [0.2, 0.25) is 0 Å². The van der Waals surface area contributed by atoms with Gasteiger partial charge < -0.3 is 41.9 Å². The summed E-state index contributed by atoms with van der Waals surface area (Å²) in [5, 5.41) is 0. The average Bonchev–Trinajstić information content (AvgIpc) is 3.06. The van der Waals surface area contributed by atoms with Crippen LogP contribution in [0.25, 0.3) is 0 Å². The molecule has 6 atom stereocenters. The summed E-state index contributed by atoms with van der Waals surface area (Å²) < 4.78 is 49.7. The van der Waals surface area contributed by atoms with Gasteiger partial charge in [-0.25, -0.2) is 0 Å². The third-order valence-electron chi connectivity index (χ3n) is 8.51. The van der Waals surface area contributed by atoms with Crippen molar-refractivity contribution in [3.05, 3.63) is 0 Å². The second-order valence-corrected chi connectivity index (χ2v) is 19.0. The zero-order valence-corrected chi connectivity index (χ0v) is 36.8. The number of hydrogen-bond donors (Lipinski definition) is 0. The molecule has 300 valence electrons. The minimum absolute atomic E-state index is 0. The third kappa shape index (κ3) is 40.0. The van der Waals surface area contributed by atoms with Gasteiger partial charge in [0.25, 0.3) is 0 Å². The van der Waals surface area contributed by atoms with Gasteiger partial charge in [-0.1, -0.05) is 139 Å². The molecule has 0 aromatic heterocycles. The molecule has 0 spiro atoms. The smallest absolute Gasteiger partial charge is 0.778 e. The SMILES string of the molecule is CCCCC(CC)COP(=O)([O-])CCCC.CCCCC(CC)COP(=O)([O-])CCCC.CCCCC(CC)COP(=O)([O-])CCCC.[Co+3]. The molecule has 0 amide bonds. The topological polar surface area (TPSA) is 148 Å². The Labute approximate surface area is 314 Å². The van der Waals surface area contributed by atoms with Crippen LogP contribution in [0.1, 0.15) is 178 Å². The fourth-order valence-corrected chi connectivity index (χ4v) is 8.41. The zero-order chi connectivity index (χ0) is 37.3. The molecule has 0 heterocycles. The summed E-state index contributed by atoms with van der Waals surface area (Å²) in [5.41, 5.74) is 0. The molecule has 0 saturated carbocycles. The second kappa shape index (κ2) is 37.3. The molecule has 0 saturated heterocycles. The molecule has 9 nitrogen and oxygen atoms in total. The quantitative estimate of drug-likeness (QED) is 0.0647. The van der Waals surface area contributed by atoms with Crippen molar-refractivity contribution in [1.29, 1.82) is 0 Å². The van der Waals surface area contributed by atoms with Gasteiger partial charge in [0.05, 0.1) is 19.8 Å². The van der Waals surface area contributed by atoms with Crippen LogP contribution < -0.4 is 14.7 Å².